The van der Waals surface area contributed by atoms with Crippen molar-refractivity contribution in [3.05, 3.63) is 56.5 Å². The van der Waals surface area contributed by atoms with Crippen LogP contribution < -0.4 is 11.3 Å². The van der Waals surface area contributed by atoms with E-state index in [1.54, 1.807) is 29.2 Å². The zero-order valence-electron chi connectivity index (χ0n) is 11.3. The highest BCUT2D eigenvalue weighted by molar-refractivity contribution is 6.30. The highest BCUT2D eigenvalue weighted by Crippen LogP contribution is 2.31. The van der Waals surface area contributed by atoms with Gasteiger partial charge >= 0.3 is 0 Å². The molecular formula is C14H13ClN4O2. The molecular weight excluding hydrogens is 292 g/mol. The first-order valence-corrected chi connectivity index (χ1v) is 6.80. The summed E-state index contributed by atoms with van der Waals surface area (Å²) in [4.78, 5) is 32.6. The molecule has 1 amide bonds. The summed E-state index contributed by atoms with van der Waals surface area (Å²) in [5.74, 6) is -0.136. The molecule has 0 aliphatic carbocycles. The zero-order valence-corrected chi connectivity index (χ0v) is 12.0. The fourth-order valence-electron chi connectivity index (χ4n) is 2.52. The van der Waals surface area contributed by atoms with Gasteiger partial charge in [0.15, 0.2) is 0 Å². The number of hydrogen-bond donors (Lipinski definition) is 2. The average molecular weight is 305 g/mol. The van der Waals surface area contributed by atoms with Gasteiger partial charge in [-0.1, -0.05) is 17.7 Å². The van der Waals surface area contributed by atoms with E-state index in [2.05, 4.69) is 9.97 Å². The predicted molar refractivity (Wildman–Crippen MR) is 79.0 cm³/mol. The number of rotatable bonds is 1. The lowest BCUT2D eigenvalue weighted by Crippen LogP contribution is -2.28. The van der Waals surface area contributed by atoms with E-state index < -0.39 is 0 Å². The maximum absolute atomic E-state index is 12.6. The molecule has 1 atom stereocenters. The number of amides is 1. The summed E-state index contributed by atoms with van der Waals surface area (Å²) < 4.78 is 0. The summed E-state index contributed by atoms with van der Waals surface area (Å²) in [6.07, 6.45) is 0. The van der Waals surface area contributed by atoms with E-state index in [9.17, 15) is 9.59 Å². The van der Waals surface area contributed by atoms with Gasteiger partial charge in [0.2, 0.25) is 5.95 Å². The summed E-state index contributed by atoms with van der Waals surface area (Å²) in [6.45, 7) is 2.03. The van der Waals surface area contributed by atoms with Crippen LogP contribution in [0.1, 0.15) is 34.6 Å². The van der Waals surface area contributed by atoms with Gasteiger partial charge in [-0.25, -0.2) is 4.98 Å². The van der Waals surface area contributed by atoms with Gasteiger partial charge in [-0.2, -0.15) is 0 Å². The van der Waals surface area contributed by atoms with Crippen LogP contribution in [0.25, 0.3) is 0 Å². The van der Waals surface area contributed by atoms with Crippen molar-refractivity contribution in [2.24, 2.45) is 0 Å². The van der Waals surface area contributed by atoms with Crippen molar-refractivity contribution < 1.29 is 4.79 Å². The molecule has 1 aromatic carbocycles. The van der Waals surface area contributed by atoms with Gasteiger partial charge in [0, 0.05) is 10.6 Å². The van der Waals surface area contributed by atoms with E-state index in [-0.39, 0.29) is 30.0 Å². The second kappa shape index (κ2) is 4.89. The summed E-state index contributed by atoms with van der Waals surface area (Å²) >= 11 is 5.91. The third-order valence-electron chi connectivity index (χ3n) is 3.59. The van der Waals surface area contributed by atoms with Crippen molar-refractivity contribution in [3.8, 4) is 0 Å². The number of aromatic amines is 1. The number of nitrogens with zero attached hydrogens (tertiary/aromatic N) is 2. The number of nitrogens with two attached hydrogens (primary N) is 1. The molecule has 2 aromatic rings. The van der Waals surface area contributed by atoms with Crippen molar-refractivity contribution in [2.45, 2.75) is 19.5 Å². The molecule has 0 bridgehead atoms. The summed E-state index contributed by atoms with van der Waals surface area (Å²) in [6, 6.07) is 6.40. The van der Waals surface area contributed by atoms with Crippen LogP contribution >= 0.6 is 11.6 Å². The highest BCUT2D eigenvalue weighted by Gasteiger charge is 2.34. The van der Waals surface area contributed by atoms with Crippen molar-refractivity contribution in [3.63, 3.8) is 0 Å². The van der Waals surface area contributed by atoms with Crippen LogP contribution in [0.4, 0.5) is 5.95 Å². The van der Waals surface area contributed by atoms with E-state index in [0.29, 0.717) is 21.8 Å². The second-order valence-electron chi connectivity index (χ2n) is 4.93. The van der Waals surface area contributed by atoms with E-state index in [0.717, 1.165) is 0 Å². The van der Waals surface area contributed by atoms with E-state index in [1.807, 2.05) is 6.92 Å². The Morgan fingerprint density at radius 2 is 2.29 bits per heavy atom. The average Bonchev–Trinajstić information content (AvgIpc) is 2.76. The quantitative estimate of drug-likeness (QED) is 0.839. The molecule has 0 saturated heterocycles. The number of halogens is 1. The Balaban J connectivity index is 1.98. The lowest BCUT2D eigenvalue weighted by atomic mass is 10.1. The number of anilines is 1. The van der Waals surface area contributed by atoms with Gasteiger partial charge in [0.05, 0.1) is 23.8 Å². The first kappa shape index (κ1) is 13.6. The highest BCUT2D eigenvalue weighted by atomic mass is 35.5. The Bertz CT molecular complexity index is 787. The van der Waals surface area contributed by atoms with Crippen molar-refractivity contribution in [1.82, 2.24) is 14.9 Å². The number of fused-ring (bicyclic) bond motifs is 1. The molecule has 0 spiro atoms. The third-order valence-corrected chi connectivity index (χ3v) is 3.82. The number of carbonyl (C=O) groups excluding carboxylic acids is 1. The minimum Gasteiger partial charge on any atom is -0.369 e. The Morgan fingerprint density at radius 1 is 1.52 bits per heavy atom. The fourth-order valence-corrected chi connectivity index (χ4v) is 2.71. The molecule has 1 aromatic heterocycles. The SMILES string of the molecule is CC1c2nc(N)[nH]c(=O)c2CN1C(=O)c1cccc(Cl)c1. The minimum absolute atomic E-state index is 0.0580. The van der Waals surface area contributed by atoms with Crippen LogP contribution in [0.3, 0.4) is 0 Å². The van der Waals surface area contributed by atoms with Crippen LogP contribution in [0.15, 0.2) is 29.1 Å². The van der Waals surface area contributed by atoms with Crippen LogP contribution in [0.5, 0.6) is 0 Å². The molecule has 0 saturated carbocycles. The smallest absolute Gasteiger partial charge is 0.257 e. The molecule has 108 valence electrons. The summed E-state index contributed by atoms with van der Waals surface area (Å²) in [5, 5.41) is 0.491. The lowest BCUT2D eigenvalue weighted by molar-refractivity contribution is 0.0703. The summed E-state index contributed by atoms with van der Waals surface area (Å²) in [5.41, 5.74) is 6.76. The van der Waals surface area contributed by atoms with Gasteiger partial charge in [-0.3, -0.25) is 14.6 Å². The van der Waals surface area contributed by atoms with Crippen molar-refractivity contribution >= 4 is 23.5 Å². The number of aromatic nitrogens is 2. The van der Waals surface area contributed by atoms with Gasteiger partial charge in [0.25, 0.3) is 11.5 Å². The monoisotopic (exact) mass is 304 g/mol. The Labute approximate surface area is 125 Å². The summed E-state index contributed by atoms with van der Waals surface area (Å²) in [7, 11) is 0. The largest absolute Gasteiger partial charge is 0.369 e. The molecule has 7 heteroatoms. The van der Waals surface area contributed by atoms with Crippen LogP contribution in [0, 0.1) is 0 Å². The maximum atomic E-state index is 12.6. The molecule has 1 aliphatic rings. The van der Waals surface area contributed by atoms with Gasteiger partial charge in [-0.15, -0.1) is 0 Å². The molecule has 2 heterocycles. The van der Waals surface area contributed by atoms with Gasteiger partial charge in [-0.05, 0) is 25.1 Å². The number of nitrogen functional groups attached to an aromatic ring is 1. The van der Waals surface area contributed by atoms with Crippen LogP contribution in [0.2, 0.25) is 5.02 Å². The lowest BCUT2D eigenvalue weighted by Gasteiger charge is -2.21. The molecule has 6 nitrogen and oxygen atoms in total. The van der Waals surface area contributed by atoms with E-state index in [1.165, 1.54) is 0 Å². The Hall–Kier alpha value is -2.34. The molecule has 0 fully saturated rings. The minimum atomic E-state index is -0.309. The third kappa shape index (κ3) is 2.27. The van der Waals surface area contributed by atoms with Gasteiger partial charge < -0.3 is 10.6 Å². The maximum Gasteiger partial charge on any atom is 0.257 e. The fraction of sp³-hybridized carbons (Fsp3) is 0.214. The molecule has 3 N–H and O–H groups in total. The van der Waals surface area contributed by atoms with E-state index >= 15 is 0 Å². The predicted octanol–water partition coefficient (Wildman–Crippen LogP) is 1.72. The van der Waals surface area contributed by atoms with Gasteiger partial charge in [0.1, 0.15) is 0 Å². The van der Waals surface area contributed by atoms with Crippen molar-refractivity contribution in [2.75, 3.05) is 5.73 Å². The first-order chi connectivity index (χ1) is 9.97. The number of hydrogen-bond acceptors (Lipinski definition) is 4. The number of benzene rings is 1. The van der Waals surface area contributed by atoms with E-state index in [4.69, 9.17) is 17.3 Å². The normalized spacial score (nSPS) is 16.9. The van der Waals surface area contributed by atoms with Crippen molar-refractivity contribution in [1.29, 1.82) is 0 Å². The molecule has 1 aliphatic heterocycles. The topological polar surface area (TPSA) is 92.1 Å². The van der Waals surface area contributed by atoms with Crippen LogP contribution in [-0.4, -0.2) is 20.8 Å². The second-order valence-corrected chi connectivity index (χ2v) is 5.37. The Kier molecular flexibility index (Phi) is 3.17. The zero-order chi connectivity index (χ0) is 15.1. The Morgan fingerprint density at radius 3 is 3.00 bits per heavy atom. The van der Waals surface area contributed by atoms with Crippen LogP contribution in [-0.2, 0) is 6.54 Å². The standard InChI is InChI=1S/C14H13ClN4O2/c1-7-11-10(12(20)18-14(16)17-11)6-19(7)13(21)8-3-2-4-9(15)5-8/h2-5,7H,6H2,1H3,(H3,16,17,18,20). The molecule has 21 heavy (non-hydrogen) atoms. The number of nitrogens with one attached hydrogen (secondary N) is 1. The number of carbonyl (C=O) groups is 1. The number of H-pyrrole nitrogens is 1. The molecule has 3 rings (SSSR count). The molecule has 1 unspecified atom stereocenters. The molecule has 0 radical (unpaired) electrons. The first-order valence-electron chi connectivity index (χ1n) is 6.42.